The van der Waals surface area contributed by atoms with E-state index in [1.807, 2.05) is 0 Å². The maximum absolute atomic E-state index is 11.3. The van der Waals surface area contributed by atoms with Crippen molar-refractivity contribution in [2.24, 2.45) is 5.73 Å². The smallest absolute Gasteiger partial charge is 0.286 e. The Morgan fingerprint density at radius 2 is 2.00 bits per heavy atom. The molecule has 1 rings (SSSR count). The maximum Gasteiger partial charge on any atom is 0.286 e. The Balaban J connectivity index is 3.20. The van der Waals surface area contributed by atoms with Gasteiger partial charge in [0.1, 0.15) is 5.92 Å². The fourth-order valence-corrected chi connectivity index (χ4v) is 1.66. The standard InChI is InChI=1S/C10H6Cl2N2O2/c11-5-1-2-6(8(12)3-5)7(4-13)9(15)10(14)16/h1-3,7H,(H2,14,16)/t7-/m1/s1. The lowest BCUT2D eigenvalue weighted by molar-refractivity contribution is -0.136. The first kappa shape index (κ1) is 12.5. The minimum Gasteiger partial charge on any atom is -0.363 e. The van der Waals surface area contributed by atoms with Crippen LogP contribution in [0.5, 0.6) is 0 Å². The average molecular weight is 257 g/mol. The summed E-state index contributed by atoms with van der Waals surface area (Å²) in [6.45, 7) is 0. The maximum atomic E-state index is 11.3. The van der Waals surface area contributed by atoms with Crippen LogP contribution in [-0.4, -0.2) is 11.7 Å². The van der Waals surface area contributed by atoms with Crippen LogP contribution in [0.4, 0.5) is 0 Å². The van der Waals surface area contributed by atoms with Crippen LogP contribution >= 0.6 is 23.2 Å². The Hall–Kier alpha value is -1.57. The highest BCUT2D eigenvalue weighted by molar-refractivity contribution is 6.40. The zero-order valence-corrected chi connectivity index (χ0v) is 9.42. The van der Waals surface area contributed by atoms with Gasteiger partial charge in [0.2, 0.25) is 5.78 Å². The third kappa shape index (κ3) is 2.51. The summed E-state index contributed by atoms with van der Waals surface area (Å²) in [5, 5.41) is 9.34. The van der Waals surface area contributed by atoms with Crippen molar-refractivity contribution in [3.8, 4) is 6.07 Å². The van der Waals surface area contributed by atoms with Gasteiger partial charge in [-0.05, 0) is 17.7 Å². The van der Waals surface area contributed by atoms with Gasteiger partial charge in [0.25, 0.3) is 5.91 Å². The Morgan fingerprint density at radius 1 is 1.38 bits per heavy atom. The highest BCUT2D eigenvalue weighted by Crippen LogP contribution is 2.27. The highest BCUT2D eigenvalue weighted by Gasteiger charge is 2.26. The lowest BCUT2D eigenvalue weighted by Gasteiger charge is -2.08. The Kier molecular flexibility index (Phi) is 3.88. The van der Waals surface area contributed by atoms with E-state index in [4.69, 9.17) is 34.2 Å². The number of primary amides is 1. The molecular formula is C10H6Cl2N2O2. The van der Waals surface area contributed by atoms with Gasteiger partial charge >= 0.3 is 0 Å². The summed E-state index contributed by atoms with van der Waals surface area (Å²) in [7, 11) is 0. The van der Waals surface area contributed by atoms with Crippen LogP contribution in [0.3, 0.4) is 0 Å². The van der Waals surface area contributed by atoms with Crippen molar-refractivity contribution >= 4 is 34.9 Å². The van der Waals surface area contributed by atoms with Crippen molar-refractivity contribution < 1.29 is 9.59 Å². The van der Waals surface area contributed by atoms with Crippen LogP contribution in [-0.2, 0) is 9.59 Å². The zero-order valence-electron chi connectivity index (χ0n) is 7.91. The molecule has 0 aromatic heterocycles. The van der Waals surface area contributed by atoms with Gasteiger partial charge in [0.15, 0.2) is 0 Å². The number of ketones is 1. The molecule has 82 valence electrons. The normalized spacial score (nSPS) is 11.6. The molecule has 0 heterocycles. The molecule has 2 N–H and O–H groups in total. The van der Waals surface area contributed by atoms with E-state index in [0.717, 1.165) is 0 Å². The monoisotopic (exact) mass is 256 g/mol. The Bertz CT molecular complexity index is 494. The molecule has 0 saturated carbocycles. The second-order valence-corrected chi connectivity index (χ2v) is 3.80. The third-order valence-electron chi connectivity index (χ3n) is 1.91. The predicted molar refractivity (Wildman–Crippen MR) is 59.0 cm³/mol. The van der Waals surface area contributed by atoms with Crippen LogP contribution < -0.4 is 5.73 Å². The number of nitriles is 1. The largest absolute Gasteiger partial charge is 0.363 e. The molecule has 0 fully saturated rings. The molecule has 0 saturated heterocycles. The molecule has 1 amide bonds. The van der Waals surface area contributed by atoms with Gasteiger partial charge in [-0.1, -0.05) is 29.3 Å². The summed E-state index contributed by atoms with van der Waals surface area (Å²) in [4.78, 5) is 22.0. The van der Waals surface area contributed by atoms with Crippen molar-refractivity contribution in [3.63, 3.8) is 0 Å². The predicted octanol–water partition coefficient (Wildman–Crippen LogP) is 1.65. The van der Waals surface area contributed by atoms with Crippen molar-refractivity contribution in [1.82, 2.24) is 0 Å². The van der Waals surface area contributed by atoms with Crippen molar-refractivity contribution in [2.45, 2.75) is 5.92 Å². The second-order valence-electron chi connectivity index (χ2n) is 2.96. The van der Waals surface area contributed by atoms with Crippen LogP contribution in [0.1, 0.15) is 11.5 Å². The lowest BCUT2D eigenvalue weighted by Crippen LogP contribution is -2.28. The fourth-order valence-electron chi connectivity index (χ4n) is 1.15. The molecule has 1 aromatic carbocycles. The van der Waals surface area contributed by atoms with E-state index in [-0.39, 0.29) is 10.6 Å². The van der Waals surface area contributed by atoms with E-state index >= 15 is 0 Å². The first-order valence-electron chi connectivity index (χ1n) is 4.15. The molecular weight excluding hydrogens is 251 g/mol. The topological polar surface area (TPSA) is 83.9 Å². The van der Waals surface area contributed by atoms with Crippen LogP contribution in [0.15, 0.2) is 18.2 Å². The summed E-state index contributed by atoms with van der Waals surface area (Å²) >= 11 is 11.5. The fraction of sp³-hybridized carbons (Fsp3) is 0.100. The Morgan fingerprint density at radius 3 is 2.44 bits per heavy atom. The van der Waals surface area contributed by atoms with Gasteiger partial charge in [-0.25, -0.2) is 0 Å². The summed E-state index contributed by atoms with van der Waals surface area (Å²) in [6, 6.07) is 5.96. The number of carbonyl (C=O) groups excluding carboxylic acids is 2. The molecule has 1 aromatic rings. The number of nitrogens with zero attached hydrogens (tertiary/aromatic N) is 1. The molecule has 0 spiro atoms. The summed E-state index contributed by atoms with van der Waals surface area (Å²) in [6.07, 6.45) is 0. The summed E-state index contributed by atoms with van der Waals surface area (Å²) < 4.78 is 0. The van der Waals surface area contributed by atoms with Crippen LogP contribution in [0, 0.1) is 11.3 Å². The number of halogens is 2. The van der Waals surface area contributed by atoms with Gasteiger partial charge in [0, 0.05) is 10.0 Å². The molecule has 6 heteroatoms. The number of carbonyl (C=O) groups is 2. The number of Topliss-reactive ketones (excluding diaryl/α,β-unsaturated/α-hetero) is 1. The Labute approximate surface area is 102 Å². The number of amides is 1. The van der Waals surface area contributed by atoms with Gasteiger partial charge in [0.05, 0.1) is 6.07 Å². The number of nitrogens with two attached hydrogens (primary N) is 1. The van der Waals surface area contributed by atoms with Gasteiger partial charge in [-0.3, -0.25) is 9.59 Å². The van der Waals surface area contributed by atoms with E-state index in [0.29, 0.717) is 5.02 Å². The average Bonchev–Trinajstić information content (AvgIpc) is 2.21. The van der Waals surface area contributed by atoms with Gasteiger partial charge < -0.3 is 5.73 Å². The van der Waals surface area contributed by atoms with E-state index in [1.54, 1.807) is 6.07 Å². The van der Waals surface area contributed by atoms with E-state index < -0.39 is 17.6 Å². The molecule has 16 heavy (non-hydrogen) atoms. The van der Waals surface area contributed by atoms with Gasteiger partial charge in [-0.2, -0.15) is 5.26 Å². The number of hydrogen-bond donors (Lipinski definition) is 1. The molecule has 0 radical (unpaired) electrons. The van der Waals surface area contributed by atoms with E-state index in [1.165, 1.54) is 18.2 Å². The third-order valence-corrected chi connectivity index (χ3v) is 2.47. The lowest BCUT2D eigenvalue weighted by atomic mass is 9.96. The molecule has 0 unspecified atom stereocenters. The number of rotatable bonds is 3. The van der Waals surface area contributed by atoms with Crippen molar-refractivity contribution in [2.75, 3.05) is 0 Å². The zero-order chi connectivity index (χ0) is 12.3. The molecule has 1 atom stereocenters. The first-order chi connectivity index (χ1) is 7.47. The first-order valence-corrected chi connectivity index (χ1v) is 4.91. The summed E-state index contributed by atoms with van der Waals surface area (Å²) in [5.74, 6) is -3.45. The van der Waals surface area contributed by atoms with E-state index in [9.17, 15) is 9.59 Å². The number of benzene rings is 1. The highest BCUT2D eigenvalue weighted by atomic mass is 35.5. The summed E-state index contributed by atoms with van der Waals surface area (Å²) in [5.41, 5.74) is 5.04. The molecule has 0 aliphatic heterocycles. The minimum atomic E-state index is -1.29. The minimum absolute atomic E-state index is 0.147. The van der Waals surface area contributed by atoms with Gasteiger partial charge in [-0.15, -0.1) is 0 Å². The quantitative estimate of drug-likeness (QED) is 0.835. The van der Waals surface area contributed by atoms with Crippen molar-refractivity contribution in [1.29, 1.82) is 5.26 Å². The van der Waals surface area contributed by atoms with Crippen LogP contribution in [0.2, 0.25) is 10.0 Å². The van der Waals surface area contributed by atoms with E-state index in [2.05, 4.69) is 0 Å². The van der Waals surface area contributed by atoms with Crippen LogP contribution in [0.25, 0.3) is 0 Å². The van der Waals surface area contributed by atoms with Crippen molar-refractivity contribution in [3.05, 3.63) is 33.8 Å². The number of hydrogen-bond acceptors (Lipinski definition) is 3. The molecule has 4 nitrogen and oxygen atoms in total. The molecule has 0 aliphatic rings. The molecule has 0 aliphatic carbocycles. The SMILES string of the molecule is N#C[C@@H](C(=O)C(N)=O)c1ccc(Cl)cc1Cl. The second kappa shape index (κ2) is 4.97. The molecule has 0 bridgehead atoms.